The molecule has 19 heavy (non-hydrogen) atoms. The number of nitrogens with zero attached hydrogens (tertiary/aromatic N) is 1. The number of carbonyl (C=O) groups is 1. The van der Waals surface area contributed by atoms with Gasteiger partial charge in [-0.05, 0) is 18.9 Å². The molecule has 0 aromatic heterocycles. The number of amides is 1. The third-order valence-corrected chi connectivity index (χ3v) is 3.43. The molecular weight excluding hydrogens is 238 g/mol. The Morgan fingerprint density at radius 3 is 2.89 bits per heavy atom. The van der Waals surface area contributed by atoms with Crippen molar-refractivity contribution >= 4 is 5.91 Å². The number of morpholine rings is 1. The normalized spacial score (nSPS) is 19.2. The van der Waals surface area contributed by atoms with E-state index < -0.39 is 0 Å². The Kier molecular flexibility index (Phi) is 4.74. The summed E-state index contributed by atoms with van der Waals surface area (Å²) in [5.41, 5.74) is 2.38. The first-order valence-corrected chi connectivity index (χ1v) is 6.77. The maximum atomic E-state index is 12.0. The second-order valence-electron chi connectivity index (χ2n) is 4.94. The molecule has 0 saturated carbocycles. The lowest BCUT2D eigenvalue weighted by Gasteiger charge is -2.33. The summed E-state index contributed by atoms with van der Waals surface area (Å²) in [5.74, 6) is 0.195. The van der Waals surface area contributed by atoms with Crippen LogP contribution in [0.25, 0.3) is 0 Å². The minimum atomic E-state index is 0.00188. The van der Waals surface area contributed by atoms with Crippen molar-refractivity contribution in [3.05, 3.63) is 48.0 Å². The van der Waals surface area contributed by atoms with Gasteiger partial charge in [0.2, 0.25) is 5.91 Å². The Bertz CT molecular complexity index is 439. The zero-order valence-corrected chi connectivity index (χ0v) is 11.5. The SMILES string of the molecule is C=CCCC(=O)N1CCOC(c2ccc(C)cc2)C1. The monoisotopic (exact) mass is 259 g/mol. The van der Waals surface area contributed by atoms with E-state index >= 15 is 0 Å². The van der Waals surface area contributed by atoms with E-state index in [9.17, 15) is 4.79 Å². The molecule has 1 unspecified atom stereocenters. The Hall–Kier alpha value is -1.61. The lowest BCUT2D eigenvalue weighted by Crippen LogP contribution is -2.42. The van der Waals surface area contributed by atoms with E-state index in [0.717, 1.165) is 12.0 Å². The molecule has 3 heteroatoms. The largest absolute Gasteiger partial charge is 0.370 e. The van der Waals surface area contributed by atoms with Crippen molar-refractivity contribution in [1.29, 1.82) is 0 Å². The molecule has 1 aromatic carbocycles. The van der Waals surface area contributed by atoms with Gasteiger partial charge in [0.25, 0.3) is 0 Å². The summed E-state index contributed by atoms with van der Waals surface area (Å²) in [7, 11) is 0. The Balaban J connectivity index is 1.98. The topological polar surface area (TPSA) is 29.5 Å². The average Bonchev–Trinajstić information content (AvgIpc) is 2.45. The van der Waals surface area contributed by atoms with Gasteiger partial charge in [0, 0.05) is 13.0 Å². The van der Waals surface area contributed by atoms with Crippen molar-refractivity contribution in [2.75, 3.05) is 19.7 Å². The van der Waals surface area contributed by atoms with Crippen LogP contribution in [0.1, 0.15) is 30.1 Å². The first-order valence-electron chi connectivity index (χ1n) is 6.77. The van der Waals surface area contributed by atoms with E-state index in [4.69, 9.17) is 4.74 Å². The standard InChI is InChI=1S/C16H21NO2/c1-3-4-5-16(18)17-10-11-19-15(12-17)14-8-6-13(2)7-9-14/h3,6-9,15H,1,4-5,10-12H2,2H3. The number of ether oxygens (including phenoxy) is 1. The number of allylic oxidation sites excluding steroid dienone is 1. The Morgan fingerprint density at radius 2 is 2.21 bits per heavy atom. The smallest absolute Gasteiger partial charge is 0.223 e. The van der Waals surface area contributed by atoms with Crippen LogP contribution in [0.2, 0.25) is 0 Å². The van der Waals surface area contributed by atoms with Gasteiger partial charge < -0.3 is 9.64 Å². The number of hydrogen-bond donors (Lipinski definition) is 0. The van der Waals surface area contributed by atoms with Gasteiger partial charge in [0.05, 0.1) is 13.2 Å². The highest BCUT2D eigenvalue weighted by Gasteiger charge is 2.24. The van der Waals surface area contributed by atoms with E-state index in [1.54, 1.807) is 6.08 Å². The van der Waals surface area contributed by atoms with Gasteiger partial charge in [-0.25, -0.2) is 0 Å². The van der Waals surface area contributed by atoms with Gasteiger partial charge in [-0.3, -0.25) is 4.79 Å². The molecule has 1 atom stereocenters. The van der Waals surface area contributed by atoms with Crippen LogP contribution in [-0.2, 0) is 9.53 Å². The summed E-state index contributed by atoms with van der Waals surface area (Å²) in [6.07, 6.45) is 3.08. The average molecular weight is 259 g/mol. The minimum absolute atomic E-state index is 0.00188. The molecule has 0 N–H and O–H groups in total. The fourth-order valence-electron chi connectivity index (χ4n) is 2.24. The Labute approximate surface area is 114 Å². The molecule has 102 valence electrons. The van der Waals surface area contributed by atoms with E-state index in [2.05, 4.69) is 37.8 Å². The number of rotatable bonds is 4. The number of carbonyl (C=O) groups excluding carboxylic acids is 1. The van der Waals surface area contributed by atoms with Gasteiger partial charge >= 0.3 is 0 Å². The molecule has 1 fully saturated rings. The number of aryl methyl sites for hydroxylation is 1. The maximum Gasteiger partial charge on any atom is 0.223 e. The van der Waals surface area contributed by atoms with Gasteiger partial charge in [-0.2, -0.15) is 0 Å². The summed E-state index contributed by atoms with van der Waals surface area (Å²) in [4.78, 5) is 13.9. The fraction of sp³-hybridized carbons (Fsp3) is 0.438. The zero-order valence-electron chi connectivity index (χ0n) is 11.5. The molecule has 1 amide bonds. The second-order valence-corrected chi connectivity index (χ2v) is 4.94. The number of benzene rings is 1. The third kappa shape index (κ3) is 3.67. The van der Waals surface area contributed by atoms with Gasteiger partial charge in [-0.1, -0.05) is 35.9 Å². The third-order valence-electron chi connectivity index (χ3n) is 3.43. The van der Waals surface area contributed by atoms with Crippen LogP contribution >= 0.6 is 0 Å². The molecule has 0 radical (unpaired) electrons. The zero-order chi connectivity index (χ0) is 13.7. The molecular formula is C16H21NO2. The van der Waals surface area contributed by atoms with Crippen molar-refractivity contribution in [3.8, 4) is 0 Å². The second kappa shape index (κ2) is 6.53. The predicted octanol–water partition coefficient (Wildman–Crippen LogP) is 2.86. The molecule has 1 saturated heterocycles. The van der Waals surface area contributed by atoms with Crippen LogP contribution in [0.3, 0.4) is 0 Å². The summed E-state index contributed by atoms with van der Waals surface area (Å²) in [5, 5.41) is 0. The van der Waals surface area contributed by atoms with E-state index in [1.807, 2.05) is 4.90 Å². The molecule has 0 aliphatic carbocycles. The van der Waals surface area contributed by atoms with Gasteiger partial charge in [0.15, 0.2) is 0 Å². The van der Waals surface area contributed by atoms with Gasteiger partial charge in [0.1, 0.15) is 6.10 Å². The number of hydrogen-bond acceptors (Lipinski definition) is 2. The lowest BCUT2D eigenvalue weighted by atomic mass is 10.1. The highest BCUT2D eigenvalue weighted by molar-refractivity contribution is 5.76. The van der Waals surface area contributed by atoms with Crippen molar-refractivity contribution < 1.29 is 9.53 Å². The molecule has 1 aliphatic rings. The first kappa shape index (κ1) is 13.8. The van der Waals surface area contributed by atoms with E-state index in [0.29, 0.717) is 26.1 Å². The molecule has 3 nitrogen and oxygen atoms in total. The lowest BCUT2D eigenvalue weighted by molar-refractivity contribution is -0.138. The highest BCUT2D eigenvalue weighted by Crippen LogP contribution is 2.23. The highest BCUT2D eigenvalue weighted by atomic mass is 16.5. The fourth-order valence-corrected chi connectivity index (χ4v) is 2.24. The van der Waals surface area contributed by atoms with Crippen LogP contribution in [0.5, 0.6) is 0 Å². The molecule has 1 aromatic rings. The van der Waals surface area contributed by atoms with E-state index in [-0.39, 0.29) is 12.0 Å². The molecule has 0 spiro atoms. The summed E-state index contributed by atoms with van der Waals surface area (Å²) >= 11 is 0. The van der Waals surface area contributed by atoms with Crippen molar-refractivity contribution in [3.63, 3.8) is 0 Å². The van der Waals surface area contributed by atoms with Crippen molar-refractivity contribution in [2.24, 2.45) is 0 Å². The van der Waals surface area contributed by atoms with Crippen molar-refractivity contribution in [2.45, 2.75) is 25.9 Å². The summed E-state index contributed by atoms with van der Waals surface area (Å²) in [6.45, 7) is 7.67. The van der Waals surface area contributed by atoms with Gasteiger partial charge in [-0.15, -0.1) is 6.58 Å². The molecule has 2 rings (SSSR count). The Morgan fingerprint density at radius 1 is 1.47 bits per heavy atom. The van der Waals surface area contributed by atoms with Crippen LogP contribution in [-0.4, -0.2) is 30.5 Å². The minimum Gasteiger partial charge on any atom is -0.370 e. The quantitative estimate of drug-likeness (QED) is 0.778. The summed E-state index contributed by atoms with van der Waals surface area (Å²) in [6, 6.07) is 8.32. The van der Waals surface area contributed by atoms with Crippen LogP contribution in [0.15, 0.2) is 36.9 Å². The molecule has 0 bridgehead atoms. The summed E-state index contributed by atoms with van der Waals surface area (Å²) < 4.78 is 5.77. The maximum absolute atomic E-state index is 12.0. The molecule has 1 aliphatic heterocycles. The van der Waals surface area contributed by atoms with Crippen LogP contribution in [0, 0.1) is 6.92 Å². The van der Waals surface area contributed by atoms with Crippen LogP contribution < -0.4 is 0 Å². The van der Waals surface area contributed by atoms with Crippen molar-refractivity contribution in [1.82, 2.24) is 4.90 Å². The van der Waals surface area contributed by atoms with Crippen LogP contribution in [0.4, 0.5) is 0 Å². The first-order chi connectivity index (χ1) is 9.20. The molecule has 1 heterocycles. The van der Waals surface area contributed by atoms with E-state index in [1.165, 1.54) is 5.56 Å². The predicted molar refractivity (Wildman–Crippen MR) is 75.9 cm³/mol.